The molecule has 0 spiro atoms. The zero-order chi connectivity index (χ0) is 45.6. The molecule has 4 heteroatoms. The Morgan fingerprint density at radius 3 is 0.952 bits per heavy atom. The number of hydrogen-bond donors (Lipinski definition) is 3. The Morgan fingerprint density at radius 1 is 0.381 bits per heavy atom. The second-order valence-corrected chi connectivity index (χ2v) is 20.1. The van der Waals surface area contributed by atoms with Gasteiger partial charge in [-0.1, -0.05) is 301 Å². The SMILES string of the molecule is CCCCCCC/C=C\C/C=C\CCCCCCCCCCCCCCCCCCCCCCCCCCCCCC(=O)NC(CO)C(O)CCCCCCCCCCCCCC. The normalized spacial score (nSPS) is 12.9. The molecule has 0 aromatic carbocycles. The summed E-state index contributed by atoms with van der Waals surface area (Å²) in [7, 11) is 0. The molecule has 63 heavy (non-hydrogen) atoms. The lowest BCUT2D eigenvalue weighted by molar-refractivity contribution is -0.123. The summed E-state index contributed by atoms with van der Waals surface area (Å²) in [5, 5.41) is 23.2. The smallest absolute Gasteiger partial charge is 0.220 e. The molecule has 0 bridgehead atoms. The molecule has 3 N–H and O–H groups in total. The Kier molecular flexibility index (Phi) is 54.2. The molecular weight excluding hydrogens is 771 g/mol. The van der Waals surface area contributed by atoms with Crippen LogP contribution in [0.2, 0.25) is 0 Å². The van der Waals surface area contributed by atoms with Gasteiger partial charge < -0.3 is 15.5 Å². The van der Waals surface area contributed by atoms with Gasteiger partial charge >= 0.3 is 0 Å². The van der Waals surface area contributed by atoms with Crippen molar-refractivity contribution >= 4 is 5.91 Å². The van der Waals surface area contributed by atoms with E-state index in [1.165, 1.54) is 270 Å². The van der Waals surface area contributed by atoms with Crippen molar-refractivity contribution in [1.82, 2.24) is 5.32 Å². The Hall–Kier alpha value is -1.13. The van der Waals surface area contributed by atoms with Crippen LogP contribution in [0.15, 0.2) is 24.3 Å². The third kappa shape index (κ3) is 51.7. The molecule has 374 valence electrons. The minimum absolute atomic E-state index is 0.0256. The summed E-state index contributed by atoms with van der Waals surface area (Å²) in [4.78, 5) is 12.4. The molecule has 0 aromatic heterocycles. The topological polar surface area (TPSA) is 69.6 Å². The van der Waals surface area contributed by atoms with Crippen LogP contribution in [0.4, 0.5) is 0 Å². The lowest BCUT2D eigenvalue weighted by Gasteiger charge is -2.22. The number of amides is 1. The van der Waals surface area contributed by atoms with E-state index in [-0.39, 0.29) is 12.5 Å². The van der Waals surface area contributed by atoms with Crippen molar-refractivity contribution in [2.45, 2.75) is 341 Å². The van der Waals surface area contributed by atoms with E-state index in [4.69, 9.17) is 0 Å². The van der Waals surface area contributed by atoms with Gasteiger partial charge in [0.05, 0.1) is 18.8 Å². The number of allylic oxidation sites excluding steroid dienone is 4. The summed E-state index contributed by atoms with van der Waals surface area (Å²) in [6.07, 6.45) is 73.4. The highest BCUT2D eigenvalue weighted by molar-refractivity contribution is 5.76. The molecule has 0 fully saturated rings. The number of rotatable bonds is 54. The molecule has 2 atom stereocenters. The van der Waals surface area contributed by atoms with Crippen LogP contribution in [-0.4, -0.2) is 34.9 Å². The largest absolute Gasteiger partial charge is 0.394 e. The average molecular weight is 887 g/mol. The minimum Gasteiger partial charge on any atom is -0.394 e. The summed E-state index contributed by atoms with van der Waals surface area (Å²) >= 11 is 0. The van der Waals surface area contributed by atoms with Crippen LogP contribution >= 0.6 is 0 Å². The number of carbonyl (C=O) groups excluding carboxylic acids is 1. The Labute approximate surface area is 396 Å². The third-order valence-electron chi connectivity index (χ3n) is 13.7. The fourth-order valence-electron chi connectivity index (χ4n) is 9.28. The molecular formula is C59H115NO3. The highest BCUT2D eigenvalue weighted by atomic mass is 16.3. The van der Waals surface area contributed by atoms with E-state index in [0.29, 0.717) is 12.8 Å². The Morgan fingerprint density at radius 2 is 0.651 bits per heavy atom. The second-order valence-electron chi connectivity index (χ2n) is 20.1. The van der Waals surface area contributed by atoms with Gasteiger partial charge in [-0.15, -0.1) is 0 Å². The van der Waals surface area contributed by atoms with Gasteiger partial charge in [0.1, 0.15) is 0 Å². The second kappa shape index (κ2) is 55.2. The number of hydrogen-bond acceptors (Lipinski definition) is 3. The van der Waals surface area contributed by atoms with Crippen LogP contribution in [0, 0.1) is 0 Å². The zero-order valence-electron chi connectivity index (χ0n) is 43.1. The maximum Gasteiger partial charge on any atom is 0.220 e. The van der Waals surface area contributed by atoms with E-state index >= 15 is 0 Å². The quantitative estimate of drug-likeness (QED) is 0.0421. The van der Waals surface area contributed by atoms with Crippen molar-refractivity contribution in [2.75, 3.05) is 6.61 Å². The standard InChI is InChI=1S/C59H115NO3/c1-3-5-7-9-11-13-15-17-18-19-20-21-22-23-24-25-26-27-28-29-30-31-32-33-34-35-36-37-38-39-40-41-42-43-45-47-49-51-53-55-59(63)60-57(56-61)58(62)54-52-50-48-46-44-16-14-12-10-8-6-4-2/h15,17,19-20,57-58,61-62H,3-14,16,18,21-56H2,1-2H3,(H,60,63)/b17-15-,20-19-. The fourth-order valence-corrected chi connectivity index (χ4v) is 9.28. The van der Waals surface area contributed by atoms with Crippen molar-refractivity contribution in [3.05, 3.63) is 24.3 Å². The number of unbranched alkanes of at least 4 members (excludes halogenated alkanes) is 43. The van der Waals surface area contributed by atoms with Crippen LogP contribution < -0.4 is 5.32 Å². The first-order valence-electron chi connectivity index (χ1n) is 29.0. The maximum absolute atomic E-state index is 12.4. The molecule has 0 saturated carbocycles. The van der Waals surface area contributed by atoms with Gasteiger partial charge in [-0.25, -0.2) is 0 Å². The highest BCUT2D eigenvalue weighted by Crippen LogP contribution is 2.18. The van der Waals surface area contributed by atoms with E-state index in [0.717, 1.165) is 32.1 Å². The van der Waals surface area contributed by atoms with Gasteiger partial charge in [0.2, 0.25) is 5.91 Å². The molecule has 1 amide bonds. The van der Waals surface area contributed by atoms with E-state index < -0.39 is 12.1 Å². The number of aliphatic hydroxyl groups is 2. The predicted octanol–water partition coefficient (Wildman–Crippen LogP) is 19.1. The number of nitrogens with one attached hydrogen (secondary N) is 1. The van der Waals surface area contributed by atoms with Crippen molar-refractivity contribution in [1.29, 1.82) is 0 Å². The van der Waals surface area contributed by atoms with E-state index in [1.54, 1.807) is 0 Å². The Bertz CT molecular complexity index is 916. The van der Waals surface area contributed by atoms with E-state index in [1.807, 2.05) is 0 Å². The maximum atomic E-state index is 12.4. The predicted molar refractivity (Wildman–Crippen MR) is 281 cm³/mol. The summed E-state index contributed by atoms with van der Waals surface area (Å²) < 4.78 is 0. The molecule has 0 aromatic rings. The van der Waals surface area contributed by atoms with E-state index in [9.17, 15) is 15.0 Å². The number of carbonyl (C=O) groups is 1. The van der Waals surface area contributed by atoms with Crippen LogP contribution in [0.5, 0.6) is 0 Å². The van der Waals surface area contributed by atoms with Crippen LogP contribution in [0.25, 0.3) is 0 Å². The lowest BCUT2D eigenvalue weighted by Crippen LogP contribution is -2.45. The average Bonchev–Trinajstić information content (AvgIpc) is 3.29. The molecule has 0 aliphatic rings. The minimum atomic E-state index is -0.655. The molecule has 0 rings (SSSR count). The molecule has 0 saturated heterocycles. The molecule has 0 heterocycles. The summed E-state index contributed by atoms with van der Waals surface area (Å²) in [5.41, 5.74) is 0. The van der Waals surface area contributed by atoms with Gasteiger partial charge in [-0.05, 0) is 44.9 Å². The van der Waals surface area contributed by atoms with Crippen molar-refractivity contribution < 1.29 is 15.0 Å². The first kappa shape index (κ1) is 61.9. The molecule has 2 unspecified atom stereocenters. The monoisotopic (exact) mass is 886 g/mol. The van der Waals surface area contributed by atoms with Crippen LogP contribution in [-0.2, 0) is 4.79 Å². The summed E-state index contributed by atoms with van der Waals surface area (Å²) in [5.74, 6) is -0.0256. The molecule has 0 aliphatic carbocycles. The zero-order valence-corrected chi connectivity index (χ0v) is 43.1. The van der Waals surface area contributed by atoms with E-state index in [2.05, 4.69) is 43.5 Å². The van der Waals surface area contributed by atoms with Crippen LogP contribution in [0.1, 0.15) is 328 Å². The lowest BCUT2D eigenvalue weighted by atomic mass is 10.0. The third-order valence-corrected chi connectivity index (χ3v) is 13.7. The van der Waals surface area contributed by atoms with Gasteiger partial charge in [-0.2, -0.15) is 0 Å². The Balaban J connectivity index is 3.33. The first-order chi connectivity index (χ1) is 31.2. The van der Waals surface area contributed by atoms with Crippen molar-refractivity contribution in [3.63, 3.8) is 0 Å². The molecule has 0 radical (unpaired) electrons. The van der Waals surface area contributed by atoms with Gasteiger partial charge in [0.15, 0.2) is 0 Å². The highest BCUT2D eigenvalue weighted by Gasteiger charge is 2.20. The molecule has 0 aliphatic heterocycles. The fraction of sp³-hybridized carbons (Fsp3) is 0.915. The van der Waals surface area contributed by atoms with Crippen LogP contribution in [0.3, 0.4) is 0 Å². The summed E-state index contributed by atoms with van der Waals surface area (Å²) in [6.45, 7) is 4.36. The summed E-state index contributed by atoms with van der Waals surface area (Å²) in [6, 6.07) is -0.531. The van der Waals surface area contributed by atoms with Crippen molar-refractivity contribution in [2.24, 2.45) is 0 Å². The first-order valence-corrected chi connectivity index (χ1v) is 29.0. The van der Waals surface area contributed by atoms with Gasteiger partial charge in [0, 0.05) is 6.42 Å². The van der Waals surface area contributed by atoms with Crippen molar-refractivity contribution in [3.8, 4) is 0 Å². The van der Waals surface area contributed by atoms with Gasteiger partial charge in [0.25, 0.3) is 0 Å². The van der Waals surface area contributed by atoms with Gasteiger partial charge in [-0.3, -0.25) is 4.79 Å². The molecule has 4 nitrogen and oxygen atoms in total. The number of aliphatic hydroxyl groups excluding tert-OH is 2.